The highest BCUT2D eigenvalue weighted by atomic mass is 127. The Morgan fingerprint density at radius 3 is 2.59 bits per heavy atom. The van der Waals surface area contributed by atoms with Gasteiger partial charge in [-0.15, -0.1) is 0 Å². The average molecular weight is 496 g/mol. The van der Waals surface area contributed by atoms with Crippen molar-refractivity contribution in [3.05, 3.63) is 39.5 Å². The smallest absolute Gasteiger partial charge is 0.174 e. The lowest BCUT2D eigenvalue weighted by molar-refractivity contribution is 0.0904. The first-order valence-electron chi connectivity index (χ1n) is 8.62. The van der Waals surface area contributed by atoms with Gasteiger partial charge in [0.1, 0.15) is 6.07 Å². The Morgan fingerprint density at radius 2 is 1.93 bits per heavy atom. The van der Waals surface area contributed by atoms with Crippen molar-refractivity contribution in [2.45, 2.75) is 28.7 Å². The van der Waals surface area contributed by atoms with Crippen LogP contribution in [-0.4, -0.2) is 33.5 Å². The van der Waals surface area contributed by atoms with Crippen molar-refractivity contribution in [3.8, 4) is 17.6 Å². The third-order valence-electron chi connectivity index (χ3n) is 4.34. The van der Waals surface area contributed by atoms with E-state index in [0.29, 0.717) is 17.4 Å². The third-order valence-corrected chi connectivity index (χ3v) is 6.10. The Kier molecular flexibility index (Phi) is 7.10. The van der Waals surface area contributed by atoms with E-state index >= 15 is 0 Å². The van der Waals surface area contributed by atoms with Crippen molar-refractivity contribution in [2.24, 2.45) is 0 Å². The molecule has 1 heterocycles. The molecule has 0 radical (unpaired) electrons. The van der Waals surface area contributed by atoms with Crippen molar-refractivity contribution in [2.75, 3.05) is 32.8 Å². The first-order valence-corrected chi connectivity index (χ1v) is 10.5. The van der Waals surface area contributed by atoms with Crippen LogP contribution >= 0.6 is 34.4 Å². The fourth-order valence-corrected chi connectivity index (χ4v) is 4.92. The van der Waals surface area contributed by atoms with Crippen LogP contribution < -0.4 is 14.8 Å². The lowest BCUT2D eigenvalue weighted by Gasteiger charge is -2.24. The number of ether oxygens (including phenoxy) is 3. The molecule has 2 aromatic carbocycles. The summed E-state index contributed by atoms with van der Waals surface area (Å²) >= 11 is 3.88. The zero-order chi connectivity index (χ0) is 19.2. The molecule has 27 heavy (non-hydrogen) atoms. The molecule has 1 aliphatic rings. The minimum Gasteiger partial charge on any atom is -0.493 e. The Hall–Kier alpha value is -1.63. The highest BCUT2D eigenvalue weighted by Crippen LogP contribution is 2.39. The monoisotopic (exact) mass is 496 g/mol. The number of hydrogen-bond donors (Lipinski definition) is 1. The van der Waals surface area contributed by atoms with E-state index in [9.17, 15) is 5.26 Å². The zero-order valence-corrected chi connectivity index (χ0v) is 18.2. The predicted octanol–water partition coefficient (Wildman–Crippen LogP) is 4.92. The van der Waals surface area contributed by atoms with E-state index in [1.807, 2.05) is 24.3 Å². The van der Waals surface area contributed by atoms with Gasteiger partial charge >= 0.3 is 0 Å². The van der Waals surface area contributed by atoms with Crippen molar-refractivity contribution < 1.29 is 14.2 Å². The first-order chi connectivity index (χ1) is 13.1. The van der Waals surface area contributed by atoms with Crippen LogP contribution in [0.15, 0.2) is 40.1 Å². The Balaban J connectivity index is 1.84. The van der Waals surface area contributed by atoms with Crippen LogP contribution in [-0.2, 0) is 4.74 Å². The molecule has 1 N–H and O–H groups in total. The maximum atomic E-state index is 9.44. The second kappa shape index (κ2) is 9.53. The lowest BCUT2D eigenvalue weighted by Crippen LogP contribution is -2.28. The van der Waals surface area contributed by atoms with Gasteiger partial charge in [-0.3, -0.25) is 0 Å². The quantitative estimate of drug-likeness (QED) is 0.573. The van der Waals surface area contributed by atoms with Crippen LogP contribution in [0.3, 0.4) is 0 Å². The van der Waals surface area contributed by atoms with Gasteiger partial charge in [-0.25, -0.2) is 0 Å². The first kappa shape index (κ1) is 20.1. The summed E-state index contributed by atoms with van der Waals surface area (Å²) in [7, 11) is 3.28. The number of benzene rings is 2. The van der Waals surface area contributed by atoms with Crippen LogP contribution in [0.25, 0.3) is 0 Å². The molecule has 0 aliphatic carbocycles. The third kappa shape index (κ3) is 5.00. The molecule has 0 saturated carbocycles. The number of anilines is 1. The molecule has 1 fully saturated rings. The van der Waals surface area contributed by atoms with Gasteiger partial charge in [0, 0.05) is 29.0 Å². The second-order valence-electron chi connectivity index (χ2n) is 6.09. The summed E-state index contributed by atoms with van der Waals surface area (Å²) in [6.07, 6.45) is 1.91. The largest absolute Gasteiger partial charge is 0.493 e. The van der Waals surface area contributed by atoms with Gasteiger partial charge in [0.25, 0.3) is 0 Å². The molecule has 7 heteroatoms. The number of nitrogens with one attached hydrogen (secondary N) is 1. The van der Waals surface area contributed by atoms with Gasteiger partial charge in [0.15, 0.2) is 11.5 Å². The van der Waals surface area contributed by atoms with Gasteiger partial charge in [-0.1, -0.05) is 11.8 Å². The van der Waals surface area contributed by atoms with Gasteiger partial charge in [0.2, 0.25) is 0 Å². The summed E-state index contributed by atoms with van der Waals surface area (Å²) in [5.74, 6) is 1.45. The van der Waals surface area contributed by atoms with E-state index in [-0.39, 0.29) is 0 Å². The van der Waals surface area contributed by atoms with E-state index in [2.05, 4.69) is 40.0 Å². The average Bonchev–Trinajstić information content (AvgIpc) is 2.68. The molecule has 0 atom stereocenters. The van der Waals surface area contributed by atoms with Crippen LogP contribution in [0, 0.1) is 14.9 Å². The van der Waals surface area contributed by atoms with E-state index in [1.54, 1.807) is 26.0 Å². The van der Waals surface area contributed by atoms with E-state index < -0.39 is 0 Å². The van der Waals surface area contributed by atoms with Crippen LogP contribution in [0.4, 0.5) is 5.69 Å². The lowest BCUT2D eigenvalue weighted by atomic mass is 10.1. The second-order valence-corrected chi connectivity index (χ2v) is 8.40. The normalized spacial score (nSPS) is 14.4. The predicted molar refractivity (Wildman–Crippen MR) is 115 cm³/mol. The molecule has 1 saturated heterocycles. The van der Waals surface area contributed by atoms with Gasteiger partial charge in [0.05, 0.1) is 29.0 Å². The summed E-state index contributed by atoms with van der Waals surface area (Å²) in [4.78, 5) is 2.12. The standard InChI is InChI=1S/C20H21IN2O3S/c1-24-19-11-16(9-17(21)20(19)25-2)27-15-4-3-13(12-22)18(10-15)23-14-5-7-26-8-6-14/h3-4,9-11,14,23H,5-8H2,1-2H3. The number of rotatable bonds is 6. The summed E-state index contributed by atoms with van der Waals surface area (Å²) in [6, 6.07) is 12.5. The van der Waals surface area contributed by atoms with Gasteiger partial charge in [-0.05, 0) is 65.8 Å². The van der Waals surface area contributed by atoms with Crippen molar-refractivity contribution in [3.63, 3.8) is 0 Å². The Labute approximate surface area is 177 Å². The van der Waals surface area contributed by atoms with Crippen molar-refractivity contribution in [1.29, 1.82) is 5.26 Å². The maximum Gasteiger partial charge on any atom is 0.174 e. The number of nitriles is 1. The molecule has 3 rings (SSSR count). The molecule has 1 aliphatic heterocycles. The fourth-order valence-electron chi connectivity index (χ4n) is 2.95. The molecule has 0 spiro atoms. The van der Waals surface area contributed by atoms with Crippen molar-refractivity contribution >= 4 is 40.0 Å². The molecule has 142 valence electrons. The minimum absolute atomic E-state index is 0.341. The molecule has 0 unspecified atom stereocenters. The summed E-state index contributed by atoms with van der Waals surface area (Å²) in [5.41, 5.74) is 1.54. The SMILES string of the molecule is COc1cc(Sc2ccc(C#N)c(NC3CCOCC3)c2)cc(I)c1OC. The number of nitrogens with zero attached hydrogens (tertiary/aromatic N) is 1. The molecule has 2 aromatic rings. The minimum atomic E-state index is 0.341. The van der Waals surface area contributed by atoms with Crippen LogP contribution in [0.2, 0.25) is 0 Å². The maximum absolute atomic E-state index is 9.44. The molecular weight excluding hydrogens is 475 g/mol. The van der Waals surface area contributed by atoms with E-state index in [4.69, 9.17) is 14.2 Å². The molecule has 0 bridgehead atoms. The Bertz CT molecular complexity index is 848. The zero-order valence-electron chi connectivity index (χ0n) is 15.3. The molecule has 5 nitrogen and oxygen atoms in total. The highest BCUT2D eigenvalue weighted by molar-refractivity contribution is 14.1. The number of hydrogen-bond acceptors (Lipinski definition) is 6. The summed E-state index contributed by atoms with van der Waals surface area (Å²) in [6.45, 7) is 1.52. The van der Waals surface area contributed by atoms with Crippen molar-refractivity contribution in [1.82, 2.24) is 0 Å². The number of methoxy groups -OCH3 is 2. The fraction of sp³-hybridized carbons (Fsp3) is 0.350. The topological polar surface area (TPSA) is 63.5 Å². The van der Waals surface area contributed by atoms with Gasteiger partial charge < -0.3 is 19.5 Å². The van der Waals surface area contributed by atoms with E-state index in [0.717, 1.165) is 50.9 Å². The van der Waals surface area contributed by atoms with Crippen LogP contribution in [0.1, 0.15) is 18.4 Å². The summed E-state index contributed by atoms with van der Waals surface area (Å²) < 4.78 is 17.3. The van der Waals surface area contributed by atoms with Gasteiger partial charge in [-0.2, -0.15) is 5.26 Å². The Morgan fingerprint density at radius 1 is 1.15 bits per heavy atom. The molecule has 0 aromatic heterocycles. The molecular formula is C20H21IN2O3S. The number of halogens is 1. The summed E-state index contributed by atoms with van der Waals surface area (Å²) in [5, 5.41) is 13.0. The van der Waals surface area contributed by atoms with E-state index in [1.165, 1.54) is 0 Å². The van der Waals surface area contributed by atoms with Crippen LogP contribution in [0.5, 0.6) is 11.5 Å². The molecule has 0 amide bonds. The highest BCUT2D eigenvalue weighted by Gasteiger charge is 2.16.